The molecule has 3 heterocycles. The summed E-state index contributed by atoms with van der Waals surface area (Å²) in [5.74, 6) is 0.400. The number of carbonyl (C=O) groups is 1. The Morgan fingerprint density at radius 2 is 2.03 bits per heavy atom. The van der Waals surface area contributed by atoms with Crippen LogP contribution in [-0.4, -0.2) is 30.9 Å². The van der Waals surface area contributed by atoms with Gasteiger partial charge in [-0.1, -0.05) is 12.1 Å². The summed E-state index contributed by atoms with van der Waals surface area (Å²) in [7, 11) is 0. The zero-order valence-corrected chi connectivity index (χ0v) is 17.1. The molecule has 31 heavy (non-hydrogen) atoms. The van der Waals surface area contributed by atoms with Crippen molar-refractivity contribution >= 4 is 17.7 Å². The lowest BCUT2D eigenvalue weighted by Crippen LogP contribution is -2.07. The summed E-state index contributed by atoms with van der Waals surface area (Å²) < 4.78 is 7.01. The van der Waals surface area contributed by atoms with E-state index < -0.39 is 0 Å². The molecule has 8 nitrogen and oxygen atoms in total. The molecule has 0 atom stereocenters. The number of hydrogen-bond donors (Lipinski definition) is 1. The summed E-state index contributed by atoms with van der Waals surface area (Å²) in [6.07, 6.45) is 13.3. The highest BCUT2D eigenvalue weighted by Crippen LogP contribution is 2.23. The molecule has 156 valence electrons. The predicted octanol–water partition coefficient (Wildman–Crippen LogP) is 3.79. The first-order valence-corrected chi connectivity index (χ1v) is 10.0. The molecule has 0 unspecified atom stereocenters. The average molecular weight is 414 g/mol. The predicted molar refractivity (Wildman–Crippen MR) is 117 cm³/mol. The largest absolute Gasteiger partial charge is 0.428 e. The first kappa shape index (κ1) is 20.2. The minimum atomic E-state index is -0.210. The highest BCUT2D eigenvalue weighted by molar-refractivity contribution is 6.02. The zero-order chi connectivity index (χ0) is 21.5. The van der Waals surface area contributed by atoms with Crippen LogP contribution in [0.15, 0.2) is 72.0 Å². The van der Waals surface area contributed by atoms with Crippen LogP contribution in [0.1, 0.15) is 23.9 Å². The van der Waals surface area contributed by atoms with Gasteiger partial charge in [0.2, 0.25) is 18.2 Å². The van der Waals surface area contributed by atoms with Crippen molar-refractivity contribution in [1.29, 1.82) is 0 Å². The van der Waals surface area contributed by atoms with Crippen LogP contribution in [0.3, 0.4) is 0 Å². The molecular formula is C23H22N6O2. The maximum atomic E-state index is 12.4. The summed E-state index contributed by atoms with van der Waals surface area (Å²) in [5, 5.41) is 14.7. The van der Waals surface area contributed by atoms with Crippen LogP contribution in [0.2, 0.25) is 0 Å². The van der Waals surface area contributed by atoms with E-state index in [-0.39, 0.29) is 5.91 Å². The monoisotopic (exact) mass is 414 g/mol. The first-order valence-electron chi connectivity index (χ1n) is 10.0. The highest BCUT2D eigenvalue weighted by Gasteiger charge is 2.07. The molecule has 0 saturated heterocycles. The van der Waals surface area contributed by atoms with Crippen molar-refractivity contribution in [3.63, 3.8) is 0 Å². The Morgan fingerprint density at radius 3 is 2.77 bits per heavy atom. The van der Waals surface area contributed by atoms with Crippen molar-refractivity contribution in [2.45, 2.75) is 26.3 Å². The van der Waals surface area contributed by atoms with Crippen LogP contribution in [0.25, 0.3) is 17.2 Å². The van der Waals surface area contributed by atoms with Crippen LogP contribution in [0.4, 0.5) is 5.69 Å². The van der Waals surface area contributed by atoms with Crippen LogP contribution in [-0.2, 0) is 24.2 Å². The standard InChI is InChI=1S/C23H22N6O2/c1-2-29-15-19(14-26-29)21-11-12-24-13-18(21)6-9-22(30)27-20-7-3-17(4-8-20)5-10-23-28-25-16-31-23/h3-4,6-9,11-16H,2,5,10H2,1H3,(H,27,30)/b9-6+. The lowest BCUT2D eigenvalue weighted by Gasteiger charge is -2.05. The van der Waals surface area contributed by atoms with Gasteiger partial charge in [0, 0.05) is 54.4 Å². The van der Waals surface area contributed by atoms with Crippen molar-refractivity contribution in [3.8, 4) is 11.1 Å². The van der Waals surface area contributed by atoms with E-state index >= 15 is 0 Å². The smallest absolute Gasteiger partial charge is 0.248 e. The minimum Gasteiger partial charge on any atom is -0.428 e. The summed E-state index contributed by atoms with van der Waals surface area (Å²) >= 11 is 0. The number of amides is 1. The van der Waals surface area contributed by atoms with Gasteiger partial charge >= 0.3 is 0 Å². The fourth-order valence-electron chi connectivity index (χ4n) is 3.14. The summed E-state index contributed by atoms with van der Waals surface area (Å²) in [6, 6.07) is 9.62. The molecule has 1 amide bonds. The fraction of sp³-hybridized carbons (Fsp3) is 0.174. The Kier molecular flexibility index (Phi) is 6.27. The first-order chi connectivity index (χ1) is 15.2. The molecule has 0 fully saturated rings. The molecule has 0 radical (unpaired) electrons. The van der Waals surface area contributed by atoms with Gasteiger partial charge in [0.1, 0.15) is 0 Å². The molecule has 1 N–H and O–H groups in total. The van der Waals surface area contributed by atoms with Crippen molar-refractivity contribution in [2.75, 3.05) is 5.32 Å². The van der Waals surface area contributed by atoms with E-state index in [0.717, 1.165) is 40.9 Å². The molecular weight excluding hydrogens is 392 g/mol. The summed E-state index contributed by atoms with van der Waals surface area (Å²) in [4.78, 5) is 16.6. The maximum Gasteiger partial charge on any atom is 0.248 e. The Labute approximate surface area is 179 Å². The van der Waals surface area contributed by atoms with E-state index in [1.807, 2.05) is 54.3 Å². The number of hydrogen-bond acceptors (Lipinski definition) is 6. The molecule has 8 heteroatoms. The van der Waals surface area contributed by atoms with E-state index in [1.165, 1.54) is 12.5 Å². The number of carbonyl (C=O) groups excluding carboxylic acids is 1. The second-order valence-corrected chi connectivity index (χ2v) is 6.90. The van der Waals surface area contributed by atoms with Crippen molar-refractivity contribution in [1.82, 2.24) is 25.0 Å². The van der Waals surface area contributed by atoms with Crippen LogP contribution < -0.4 is 5.32 Å². The lowest BCUT2D eigenvalue weighted by atomic mass is 10.0. The Bertz CT molecular complexity index is 1160. The van der Waals surface area contributed by atoms with Gasteiger partial charge in [0.25, 0.3) is 0 Å². The molecule has 0 aliphatic rings. The second kappa shape index (κ2) is 9.62. The van der Waals surface area contributed by atoms with E-state index in [4.69, 9.17) is 4.42 Å². The third kappa shape index (κ3) is 5.30. The molecule has 0 saturated carbocycles. The number of anilines is 1. The molecule has 0 aliphatic heterocycles. The van der Waals surface area contributed by atoms with Crippen molar-refractivity contribution in [3.05, 3.63) is 84.6 Å². The Morgan fingerprint density at radius 1 is 1.16 bits per heavy atom. The van der Waals surface area contributed by atoms with E-state index in [2.05, 4.69) is 25.6 Å². The highest BCUT2D eigenvalue weighted by atomic mass is 16.4. The minimum absolute atomic E-state index is 0.210. The molecule has 4 rings (SSSR count). The second-order valence-electron chi connectivity index (χ2n) is 6.90. The molecule has 0 aliphatic carbocycles. The zero-order valence-electron chi connectivity index (χ0n) is 17.1. The maximum absolute atomic E-state index is 12.4. The van der Waals surface area contributed by atoms with Gasteiger partial charge < -0.3 is 9.73 Å². The van der Waals surface area contributed by atoms with Crippen LogP contribution in [0.5, 0.6) is 0 Å². The number of pyridine rings is 1. The van der Waals surface area contributed by atoms with Gasteiger partial charge in [-0.05, 0) is 48.7 Å². The van der Waals surface area contributed by atoms with Gasteiger partial charge in [0.05, 0.1) is 6.20 Å². The molecule has 3 aromatic heterocycles. The molecule has 4 aromatic rings. The van der Waals surface area contributed by atoms with Crippen molar-refractivity contribution in [2.24, 2.45) is 0 Å². The van der Waals surface area contributed by atoms with E-state index in [1.54, 1.807) is 18.5 Å². The van der Waals surface area contributed by atoms with Crippen molar-refractivity contribution < 1.29 is 9.21 Å². The number of rotatable bonds is 8. The van der Waals surface area contributed by atoms with Gasteiger partial charge in [-0.15, -0.1) is 10.2 Å². The van der Waals surface area contributed by atoms with Gasteiger partial charge in [-0.3, -0.25) is 14.5 Å². The SMILES string of the molecule is CCn1cc(-c2ccncc2/C=C/C(=O)Nc2ccc(CCc3nnco3)cc2)cn1. The quantitative estimate of drug-likeness (QED) is 0.441. The normalized spacial score (nSPS) is 11.1. The number of aryl methyl sites for hydroxylation is 3. The number of nitrogens with zero attached hydrogens (tertiary/aromatic N) is 5. The molecule has 1 aromatic carbocycles. The average Bonchev–Trinajstić information content (AvgIpc) is 3.49. The third-order valence-corrected chi connectivity index (χ3v) is 4.79. The van der Waals surface area contributed by atoms with Gasteiger partial charge in [-0.25, -0.2) is 0 Å². The fourth-order valence-corrected chi connectivity index (χ4v) is 3.14. The third-order valence-electron chi connectivity index (χ3n) is 4.79. The summed E-state index contributed by atoms with van der Waals surface area (Å²) in [6.45, 7) is 2.84. The topological polar surface area (TPSA) is 98.7 Å². The Hall–Kier alpha value is -4.07. The molecule has 0 bridgehead atoms. The van der Waals surface area contributed by atoms with Gasteiger partial charge in [-0.2, -0.15) is 5.10 Å². The number of benzene rings is 1. The van der Waals surface area contributed by atoms with Crippen LogP contribution >= 0.6 is 0 Å². The summed E-state index contributed by atoms with van der Waals surface area (Å²) in [5.41, 5.74) is 4.67. The number of aromatic nitrogens is 5. The molecule has 0 spiro atoms. The van der Waals surface area contributed by atoms with E-state index in [0.29, 0.717) is 12.3 Å². The lowest BCUT2D eigenvalue weighted by molar-refractivity contribution is -0.111. The van der Waals surface area contributed by atoms with Crippen LogP contribution in [0, 0.1) is 0 Å². The van der Waals surface area contributed by atoms with Gasteiger partial charge in [0.15, 0.2) is 0 Å². The van der Waals surface area contributed by atoms with E-state index in [9.17, 15) is 4.79 Å². The Balaban J connectivity index is 1.37. The number of nitrogens with one attached hydrogen (secondary N) is 1.